The SMILES string of the molecule is CCOC1(c2noc(C(Br)CC)n2)CCCCC1. The van der Waals surface area contributed by atoms with Crippen LogP contribution in [0.5, 0.6) is 0 Å². The summed E-state index contributed by atoms with van der Waals surface area (Å²) in [5.74, 6) is 1.40. The highest BCUT2D eigenvalue weighted by Gasteiger charge is 2.39. The van der Waals surface area contributed by atoms with Crippen molar-refractivity contribution in [1.82, 2.24) is 10.1 Å². The van der Waals surface area contributed by atoms with Crippen LogP contribution < -0.4 is 0 Å². The fourth-order valence-electron chi connectivity index (χ4n) is 2.55. The lowest BCUT2D eigenvalue weighted by Gasteiger charge is -2.33. The van der Waals surface area contributed by atoms with E-state index in [0.717, 1.165) is 25.1 Å². The maximum Gasteiger partial charge on any atom is 0.240 e. The Hall–Kier alpha value is -0.420. The van der Waals surface area contributed by atoms with Crippen molar-refractivity contribution in [3.8, 4) is 0 Å². The molecule has 0 aliphatic heterocycles. The standard InChI is InChI=1S/C13H21BrN2O2/c1-3-10(14)11-15-12(16-18-11)13(17-4-2)8-6-5-7-9-13/h10H,3-9H2,1-2H3. The molecule has 1 aliphatic carbocycles. The average molecular weight is 317 g/mol. The van der Waals surface area contributed by atoms with E-state index in [0.29, 0.717) is 12.5 Å². The Morgan fingerprint density at radius 3 is 2.67 bits per heavy atom. The summed E-state index contributed by atoms with van der Waals surface area (Å²) in [6.07, 6.45) is 6.56. The maximum atomic E-state index is 5.98. The first kappa shape index (κ1) is 14.0. The van der Waals surface area contributed by atoms with Gasteiger partial charge in [-0.25, -0.2) is 0 Å². The summed E-state index contributed by atoms with van der Waals surface area (Å²) in [4.78, 5) is 4.69. The van der Waals surface area contributed by atoms with Gasteiger partial charge in [-0.1, -0.05) is 47.3 Å². The molecule has 1 aliphatic rings. The average Bonchev–Trinajstić information content (AvgIpc) is 2.89. The van der Waals surface area contributed by atoms with Crippen molar-refractivity contribution in [2.24, 2.45) is 0 Å². The lowest BCUT2D eigenvalue weighted by molar-refractivity contribution is -0.0777. The summed E-state index contributed by atoms with van der Waals surface area (Å²) in [5, 5.41) is 4.16. The number of halogens is 1. The van der Waals surface area contributed by atoms with Gasteiger partial charge in [0, 0.05) is 6.61 Å². The van der Waals surface area contributed by atoms with Crippen molar-refractivity contribution in [3.63, 3.8) is 0 Å². The van der Waals surface area contributed by atoms with E-state index >= 15 is 0 Å². The summed E-state index contributed by atoms with van der Waals surface area (Å²) in [6.45, 7) is 4.80. The molecule has 1 unspecified atom stereocenters. The molecule has 1 heterocycles. The van der Waals surface area contributed by atoms with Crippen LogP contribution in [0, 0.1) is 0 Å². The Labute approximate surface area is 117 Å². The number of hydrogen-bond donors (Lipinski definition) is 0. The van der Waals surface area contributed by atoms with Gasteiger partial charge in [-0.3, -0.25) is 0 Å². The molecule has 0 radical (unpaired) electrons. The van der Waals surface area contributed by atoms with Crippen LogP contribution in [0.1, 0.15) is 68.9 Å². The highest BCUT2D eigenvalue weighted by Crippen LogP contribution is 2.39. The number of aromatic nitrogens is 2. The molecule has 102 valence electrons. The summed E-state index contributed by atoms with van der Waals surface area (Å²) in [6, 6.07) is 0. The second-order valence-electron chi connectivity index (χ2n) is 4.82. The van der Waals surface area contributed by atoms with Crippen LogP contribution in [0.15, 0.2) is 4.52 Å². The van der Waals surface area contributed by atoms with E-state index in [-0.39, 0.29) is 10.4 Å². The lowest BCUT2D eigenvalue weighted by Crippen LogP contribution is -2.33. The second-order valence-corrected chi connectivity index (χ2v) is 5.93. The van der Waals surface area contributed by atoms with Crippen molar-refractivity contribution in [2.45, 2.75) is 62.8 Å². The van der Waals surface area contributed by atoms with Crippen LogP contribution in [0.2, 0.25) is 0 Å². The van der Waals surface area contributed by atoms with Gasteiger partial charge in [0.15, 0.2) is 0 Å². The highest BCUT2D eigenvalue weighted by molar-refractivity contribution is 9.09. The van der Waals surface area contributed by atoms with Crippen molar-refractivity contribution in [3.05, 3.63) is 11.7 Å². The topological polar surface area (TPSA) is 48.2 Å². The first-order chi connectivity index (χ1) is 8.72. The van der Waals surface area contributed by atoms with Crippen LogP contribution in [0.3, 0.4) is 0 Å². The molecule has 1 aromatic rings. The zero-order valence-electron chi connectivity index (χ0n) is 11.1. The van der Waals surface area contributed by atoms with Gasteiger partial charge in [-0.15, -0.1) is 0 Å². The first-order valence-electron chi connectivity index (χ1n) is 6.84. The number of nitrogens with zero attached hydrogens (tertiary/aromatic N) is 2. The second kappa shape index (κ2) is 6.15. The molecular weight excluding hydrogens is 296 g/mol. The molecule has 18 heavy (non-hydrogen) atoms. The molecule has 1 aromatic heterocycles. The molecule has 0 saturated heterocycles. The van der Waals surface area contributed by atoms with Gasteiger partial charge in [-0.2, -0.15) is 4.98 Å². The molecule has 0 spiro atoms. The van der Waals surface area contributed by atoms with Gasteiger partial charge in [0.25, 0.3) is 0 Å². The molecular formula is C13H21BrN2O2. The quantitative estimate of drug-likeness (QED) is 0.767. The first-order valence-corrected chi connectivity index (χ1v) is 7.75. The summed E-state index contributed by atoms with van der Waals surface area (Å²) in [5.41, 5.74) is -0.310. The summed E-state index contributed by atoms with van der Waals surface area (Å²) >= 11 is 3.54. The minimum Gasteiger partial charge on any atom is -0.367 e. The van der Waals surface area contributed by atoms with Crippen LogP contribution in [-0.4, -0.2) is 16.7 Å². The van der Waals surface area contributed by atoms with Gasteiger partial charge in [0.2, 0.25) is 11.7 Å². The normalized spacial score (nSPS) is 20.8. The molecule has 2 rings (SSSR count). The highest BCUT2D eigenvalue weighted by atomic mass is 79.9. The summed E-state index contributed by atoms with van der Waals surface area (Å²) < 4.78 is 11.3. The Balaban J connectivity index is 2.22. The maximum absolute atomic E-state index is 5.98. The van der Waals surface area contributed by atoms with Gasteiger partial charge >= 0.3 is 0 Å². The Bertz CT molecular complexity index is 369. The summed E-state index contributed by atoms with van der Waals surface area (Å²) in [7, 11) is 0. The Kier molecular flexibility index (Phi) is 4.78. The number of hydrogen-bond acceptors (Lipinski definition) is 4. The molecule has 1 atom stereocenters. The minimum absolute atomic E-state index is 0.140. The van der Waals surface area contributed by atoms with Gasteiger partial charge < -0.3 is 9.26 Å². The molecule has 0 aromatic carbocycles. The van der Waals surface area contributed by atoms with Crippen molar-refractivity contribution in [2.75, 3.05) is 6.61 Å². The number of ether oxygens (including phenoxy) is 1. The molecule has 0 amide bonds. The third-order valence-electron chi connectivity index (χ3n) is 3.56. The van der Waals surface area contributed by atoms with E-state index in [2.05, 4.69) is 33.0 Å². The van der Waals surface area contributed by atoms with Gasteiger partial charge in [0.1, 0.15) is 5.60 Å². The third-order valence-corrected chi connectivity index (χ3v) is 4.60. The van der Waals surface area contributed by atoms with Crippen molar-refractivity contribution in [1.29, 1.82) is 0 Å². The Morgan fingerprint density at radius 2 is 2.06 bits per heavy atom. The van der Waals surface area contributed by atoms with E-state index in [1.807, 2.05) is 6.92 Å². The zero-order valence-corrected chi connectivity index (χ0v) is 12.7. The number of rotatable bonds is 5. The van der Waals surface area contributed by atoms with Crippen LogP contribution >= 0.6 is 15.9 Å². The Morgan fingerprint density at radius 1 is 1.33 bits per heavy atom. The van der Waals surface area contributed by atoms with Crippen molar-refractivity contribution < 1.29 is 9.26 Å². The largest absolute Gasteiger partial charge is 0.367 e. The van der Waals surface area contributed by atoms with Gasteiger partial charge in [0.05, 0.1) is 4.83 Å². The van der Waals surface area contributed by atoms with Crippen molar-refractivity contribution >= 4 is 15.9 Å². The molecule has 1 saturated carbocycles. The number of alkyl halides is 1. The fourth-order valence-corrected chi connectivity index (χ4v) is 2.74. The molecule has 0 N–H and O–H groups in total. The molecule has 4 nitrogen and oxygen atoms in total. The fraction of sp³-hybridized carbons (Fsp3) is 0.846. The van der Waals surface area contributed by atoms with E-state index in [1.54, 1.807) is 0 Å². The molecule has 0 bridgehead atoms. The van der Waals surface area contributed by atoms with Crippen LogP contribution in [-0.2, 0) is 10.3 Å². The zero-order chi connectivity index (χ0) is 13.0. The third kappa shape index (κ3) is 2.77. The van der Waals surface area contributed by atoms with E-state index < -0.39 is 0 Å². The van der Waals surface area contributed by atoms with E-state index in [9.17, 15) is 0 Å². The molecule has 1 fully saturated rings. The molecule has 5 heteroatoms. The van der Waals surface area contributed by atoms with Crippen LogP contribution in [0.25, 0.3) is 0 Å². The van der Waals surface area contributed by atoms with E-state index in [1.165, 1.54) is 19.3 Å². The smallest absolute Gasteiger partial charge is 0.240 e. The van der Waals surface area contributed by atoms with Gasteiger partial charge in [-0.05, 0) is 26.2 Å². The predicted octanol–water partition coefficient (Wildman–Crippen LogP) is 4.11. The predicted molar refractivity (Wildman–Crippen MR) is 72.6 cm³/mol. The lowest BCUT2D eigenvalue weighted by atomic mass is 9.84. The monoisotopic (exact) mass is 316 g/mol. The minimum atomic E-state index is -0.310. The van der Waals surface area contributed by atoms with E-state index in [4.69, 9.17) is 9.26 Å². The van der Waals surface area contributed by atoms with Crippen LogP contribution in [0.4, 0.5) is 0 Å².